The summed E-state index contributed by atoms with van der Waals surface area (Å²) in [7, 11) is 0. The monoisotopic (exact) mass is 560 g/mol. The largest absolute Gasteiger partial charge is 0.300 e. The summed E-state index contributed by atoms with van der Waals surface area (Å²) in [4.78, 5) is 40.8. The maximum absolute atomic E-state index is 12.5. The highest BCUT2D eigenvalue weighted by Crippen LogP contribution is 2.26. The number of thioether (sulfide) groups is 2. The van der Waals surface area contributed by atoms with Gasteiger partial charge in [0, 0.05) is 17.1 Å². The summed E-state index contributed by atoms with van der Waals surface area (Å²) in [5, 5.41) is 19.7. The minimum atomic E-state index is -1.01. The standard InChI is InChI=1S/C30H20N6O2S2/c31-15-23-25(21-7-3-1-4-8-21)33-29(35-27(23)37)39-17-19-11-13-20(14-12-19)18-40-30-34-26(22-9-5-2-6-10-22)24(16-32)28(38)36-30/h1-14,23H,17-18H2,(H,34,36,38). The topological polar surface area (TPSA) is 135 Å². The second-order valence-corrected chi connectivity index (χ2v) is 10.5. The van der Waals surface area contributed by atoms with Gasteiger partial charge < -0.3 is 4.98 Å². The highest BCUT2D eigenvalue weighted by molar-refractivity contribution is 8.13. The second-order valence-electron chi connectivity index (χ2n) is 8.62. The molecule has 1 aliphatic rings. The van der Waals surface area contributed by atoms with Gasteiger partial charge in [-0.05, 0) is 16.7 Å². The van der Waals surface area contributed by atoms with Gasteiger partial charge in [0.15, 0.2) is 16.2 Å². The van der Waals surface area contributed by atoms with E-state index >= 15 is 0 Å². The Kier molecular flexibility index (Phi) is 8.31. The van der Waals surface area contributed by atoms with Crippen LogP contribution in [0.2, 0.25) is 0 Å². The molecule has 4 aromatic rings. The Morgan fingerprint density at radius 3 is 1.98 bits per heavy atom. The van der Waals surface area contributed by atoms with Crippen LogP contribution in [0.3, 0.4) is 0 Å². The molecule has 0 aliphatic carbocycles. The molecule has 40 heavy (non-hydrogen) atoms. The lowest BCUT2D eigenvalue weighted by atomic mass is 9.96. The van der Waals surface area contributed by atoms with Crippen molar-refractivity contribution >= 4 is 40.3 Å². The minimum absolute atomic E-state index is 0.00922. The fraction of sp³-hybridized carbons (Fsp3) is 0.100. The molecule has 3 aromatic carbocycles. The third-order valence-electron chi connectivity index (χ3n) is 5.96. The zero-order valence-electron chi connectivity index (χ0n) is 20.9. The van der Waals surface area contributed by atoms with Gasteiger partial charge in [0.2, 0.25) is 0 Å². The van der Waals surface area contributed by atoms with Crippen molar-refractivity contribution in [3.63, 3.8) is 0 Å². The number of nitrogens with one attached hydrogen (secondary N) is 1. The number of benzene rings is 3. The Balaban J connectivity index is 1.24. The Bertz CT molecular complexity index is 1750. The number of hydrogen-bond acceptors (Lipinski definition) is 8. The van der Waals surface area contributed by atoms with Crippen LogP contribution in [0.4, 0.5) is 0 Å². The number of nitriles is 2. The smallest absolute Gasteiger partial charge is 0.271 e. The van der Waals surface area contributed by atoms with E-state index in [9.17, 15) is 20.1 Å². The Morgan fingerprint density at radius 1 is 0.775 bits per heavy atom. The van der Waals surface area contributed by atoms with Crippen LogP contribution in [-0.2, 0) is 16.3 Å². The van der Waals surface area contributed by atoms with Crippen LogP contribution in [0.15, 0.2) is 105 Å². The number of aliphatic imine (C=N–C) groups is 2. The van der Waals surface area contributed by atoms with E-state index in [-0.39, 0.29) is 5.56 Å². The number of amidine groups is 1. The van der Waals surface area contributed by atoms with Crippen LogP contribution in [0, 0.1) is 28.6 Å². The minimum Gasteiger partial charge on any atom is -0.300 e. The van der Waals surface area contributed by atoms with E-state index in [1.807, 2.05) is 97.1 Å². The molecule has 1 unspecified atom stereocenters. The van der Waals surface area contributed by atoms with Crippen LogP contribution < -0.4 is 5.56 Å². The molecule has 1 aromatic heterocycles. The first kappa shape index (κ1) is 26.8. The maximum Gasteiger partial charge on any atom is 0.271 e. The van der Waals surface area contributed by atoms with E-state index in [4.69, 9.17) is 0 Å². The number of H-pyrrole nitrogens is 1. The summed E-state index contributed by atoms with van der Waals surface area (Å²) in [5.41, 5.74) is 3.79. The summed E-state index contributed by atoms with van der Waals surface area (Å²) in [6.45, 7) is 0. The first-order chi connectivity index (χ1) is 19.6. The molecule has 10 heteroatoms. The highest BCUT2D eigenvalue weighted by Gasteiger charge is 2.30. The zero-order valence-corrected chi connectivity index (χ0v) is 22.6. The van der Waals surface area contributed by atoms with Gasteiger partial charge in [0.25, 0.3) is 11.5 Å². The normalized spacial score (nSPS) is 14.6. The lowest BCUT2D eigenvalue weighted by Gasteiger charge is -2.15. The molecular formula is C30H20N6O2S2. The number of carbonyl (C=O) groups is 1. The number of hydrogen-bond donors (Lipinski definition) is 1. The molecule has 0 spiro atoms. The van der Waals surface area contributed by atoms with E-state index in [2.05, 4.69) is 20.0 Å². The van der Waals surface area contributed by atoms with Crippen LogP contribution >= 0.6 is 23.5 Å². The highest BCUT2D eigenvalue weighted by atomic mass is 32.2. The molecule has 1 aliphatic heterocycles. The quantitative estimate of drug-likeness (QED) is 0.237. The Labute approximate surface area is 238 Å². The van der Waals surface area contributed by atoms with Gasteiger partial charge in [-0.3, -0.25) is 9.59 Å². The predicted molar refractivity (Wildman–Crippen MR) is 157 cm³/mol. The van der Waals surface area contributed by atoms with E-state index in [0.717, 1.165) is 16.7 Å². The zero-order chi connectivity index (χ0) is 27.9. The second kappa shape index (κ2) is 12.4. The van der Waals surface area contributed by atoms with Crippen LogP contribution in [-0.4, -0.2) is 26.8 Å². The van der Waals surface area contributed by atoms with Crippen molar-refractivity contribution < 1.29 is 4.79 Å². The third-order valence-corrected chi connectivity index (χ3v) is 7.83. The summed E-state index contributed by atoms with van der Waals surface area (Å²) in [5.74, 6) is -0.394. The SMILES string of the molecule is N#Cc1c(-c2ccccc2)nc(SCc2ccc(CSC3=NC(=O)C(C#N)C(c4ccccc4)=N3)cc2)[nH]c1=O. The average molecular weight is 561 g/mol. The number of aromatic amines is 1. The lowest BCUT2D eigenvalue weighted by molar-refractivity contribution is -0.118. The first-order valence-electron chi connectivity index (χ1n) is 12.1. The van der Waals surface area contributed by atoms with Crippen molar-refractivity contribution in [3.8, 4) is 23.4 Å². The molecule has 0 radical (unpaired) electrons. The molecule has 5 rings (SSSR count). The van der Waals surface area contributed by atoms with E-state index in [1.54, 1.807) is 0 Å². The predicted octanol–water partition coefficient (Wildman–Crippen LogP) is 5.36. The number of aromatic nitrogens is 2. The van der Waals surface area contributed by atoms with E-state index in [1.165, 1.54) is 23.5 Å². The molecule has 8 nitrogen and oxygen atoms in total. The van der Waals surface area contributed by atoms with Gasteiger partial charge in [0.1, 0.15) is 11.6 Å². The van der Waals surface area contributed by atoms with Gasteiger partial charge in [-0.1, -0.05) is 108 Å². The molecule has 0 saturated carbocycles. The van der Waals surface area contributed by atoms with Gasteiger partial charge in [-0.25, -0.2) is 9.98 Å². The molecule has 0 fully saturated rings. The molecule has 2 heterocycles. The van der Waals surface area contributed by atoms with Crippen LogP contribution in [0.1, 0.15) is 22.3 Å². The summed E-state index contributed by atoms with van der Waals surface area (Å²) in [6.07, 6.45) is 0. The van der Waals surface area contributed by atoms with Crippen molar-refractivity contribution in [2.45, 2.75) is 16.7 Å². The van der Waals surface area contributed by atoms with Gasteiger partial charge in [-0.15, -0.1) is 0 Å². The van der Waals surface area contributed by atoms with Crippen molar-refractivity contribution in [1.29, 1.82) is 10.5 Å². The number of rotatable bonds is 7. The lowest BCUT2D eigenvalue weighted by Crippen LogP contribution is -2.27. The Hall–Kier alpha value is -4.77. The fourth-order valence-corrected chi connectivity index (χ4v) is 5.57. The number of nitrogens with zero attached hydrogens (tertiary/aromatic N) is 5. The van der Waals surface area contributed by atoms with Crippen LogP contribution in [0.25, 0.3) is 11.3 Å². The number of carbonyl (C=O) groups excluding carboxylic acids is 1. The summed E-state index contributed by atoms with van der Waals surface area (Å²) < 4.78 is 0. The van der Waals surface area contributed by atoms with Gasteiger partial charge in [-0.2, -0.15) is 15.5 Å². The molecule has 1 N–H and O–H groups in total. The van der Waals surface area contributed by atoms with Crippen molar-refractivity contribution in [2.75, 3.05) is 0 Å². The fourth-order valence-electron chi connectivity index (χ4n) is 3.95. The number of amides is 1. The van der Waals surface area contributed by atoms with Crippen molar-refractivity contribution in [1.82, 2.24) is 9.97 Å². The molecule has 1 amide bonds. The Morgan fingerprint density at radius 2 is 1.38 bits per heavy atom. The molecule has 194 valence electrons. The van der Waals surface area contributed by atoms with E-state index < -0.39 is 17.4 Å². The first-order valence-corrected chi connectivity index (χ1v) is 14.1. The molecule has 1 atom stereocenters. The molecule has 0 bridgehead atoms. The van der Waals surface area contributed by atoms with Crippen molar-refractivity contribution in [2.24, 2.45) is 15.9 Å². The summed E-state index contributed by atoms with van der Waals surface area (Å²) in [6, 6.07) is 30.3. The molecular weight excluding hydrogens is 541 g/mol. The average Bonchev–Trinajstić information content (AvgIpc) is 3.00. The summed E-state index contributed by atoms with van der Waals surface area (Å²) >= 11 is 2.71. The van der Waals surface area contributed by atoms with Gasteiger partial charge in [0.05, 0.1) is 17.5 Å². The van der Waals surface area contributed by atoms with Crippen LogP contribution in [0.5, 0.6) is 0 Å². The van der Waals surface area contributed by atoms with Gasteiger partial charge >= 0.3 is 0 Å². The third kappa shape index (κ3) is 6.10. The maximum atomic E-state index is 12.5. The van der Waals surface area contributed by atoms with Crippen molar-refractivity contribution in [3.05, 3.63) is 118 Å². The molecule has 0 saturated heterocycles. The van der Waals surface area contributed by atoms with E-state index in [0.29, 0.717) is 38.8 Å².